The van der Waals surface area contributed by atoms with E-state index in [1.165, 1.54) is 0 Å². The Morgan fingerprint density at radius 1 is 1.18 bits per heavy atom. The van der Waals surface area contributed by atoms with Gasteiger partial charge in [0.1, 0.15) is 0 Å². The molecule has 4 amide bonds. The number of rotatable bonds is 6. The summed E-state index contributed by atoms with van der Waals surface area (Å²) in [4.78, 5) is 50.5. The lowest BCUT2D eigenvalue weighted by atomic mass is 10.1. The molecule has 0 aromatic heterocycles. The monoisotopic (exact) mass is 405 g/mol. The van der Waals surface area contributed by atoms with E-state index in [0.717, 1.165) is 22.2 Å². The van der Waals surface area contributed by atoms with Gasteiger partial charge in [-0.1, -0.05) is 17.8 Å². The number of benzene rings is 1. The number of ether oxygens (including phenoxy) is 2. The van der Waals surface area contributed by atoms with Crippen molar-refractivity contribution >= 4 is 34.7 Å². The SMILES string of the molecule is O=C(NCCN1C(=O)CSC1=O)C1CC(=O)N(Cc2ccc3c(c2)OCO3)C1. The summed E-state index contributed by atoms with van der Waals surface area (Å²) < 4.78 is 10.6. The minimum Gasteiger partial charge on any atom is -0.454 e. The molecule has 1 atom stereocenters. The van der Waals surface area contributed by atoms with Gasteiger partial charge in [-0.3, -0.25) is 24.1 Å². The average Bonchev–Trinajstić information content (AvgIpc) is 3.36. The number of hydrogen-bond donors (Lipinski definition) is 1. The normalized spacial score (nSPS) is 21.0. The van der Waals surface area contributed by atoms with Crippen molar-refractivity contribution in [3.05, 3.63) is 23.8 Å². The van der Waals surface area contributed by atoms with Crippen molar-refractivity contribution in [2.45, 2.75) is 13.0 Å². The third-order valence-electron chi connectivity index (χ3n) is 4.87. The molecule has 10 heteroatoms. The molecule has 0 radical (unpaired) electrons. The predicted molar refractivity (Wildman–Crippen MR) is 98.7 cm³/mol. The molecule has 0 aliphatic carbocycles. The van der Waals surface area contributed by atoms with E-state index >= 15 is 0 Å². The molecule has 28 heavy (non-hydrogen) atoms. The Kier molecular flexibility index (Phi) is 5.12. The van der Waals surface area contributed by atoms with Crippen molar-refractivity contribution in [3.63, 3.8) is 0 Å². The summed E-state index contributed by atoms with van der Waals surface area (Å²) >= 11 is 0.963. The van der Waals surface area contributed by atoms with Gasteiger partial charge in [0.15, 0.2) is 11.5 Å². The highest BCUT2D eigenvalue weighted by Gasteiger charge is 2.35. The van der Waals surface area contributed by atoms with Gasteiger partial charge < -0.3 is 19.7 Å². The van der Waals surface area contributed by atoms with Crippen LogP contribution in [0.5, 0.6) is 11.5 Å². The molecule has 1 aromatic carbocycles. The number of likely N-dealkylation sites (tertiary alicyclic amines) is 1. The third kappa shape index (κ3) is 3.77. The summed E-state index contributed by atoms with van der Waals surface area (Å²) in [5.41, 5.74) is 0.905. The van der Waals surface area contributed by atoms with Crippen molar-refractivity contribution < 1.29 is 28.7 Å². The van der Waals surface area contributed by atoms with E-state index in [2.05, 4.69) is 5.32 Å². The van der Waals surface area contributed by atoms with E-state index in [-0.39, 0.29) is 55.0 Å². The minimum atomic E-state index is -0.444. The second-order valence-corrected chi connectivity index (χ2v) is 7.68. The van der Waals surface area contributed by atoms with Crippen molar-refractivity contribution in [1.29, 1.82) is 0 Å². The molecule has 3 aliphatic rings. The second kappa shape index (κ2) is 7.70. The number of thioether (sulfide) groups is 1. The first kappa shape index (κ1) is 18.6. The number of nitrogens with zero attached hydrogens (tertiary/aromatic N) is 2. The molecular weight excluding hydrogens is 386 g/mol. The number of carbonyl (C=O) groups excluding carboxylic acids is 4. The van der Waals surface area contributed by atoms with Crippen LogP contribution >= 0.6 is 11.8 Å². The zero-order chi connectivity index (χ0) is 19.7. The number of hydrogen-bond acceptors (Lipinski definition) is 7. The Bertz CT molecular complexity index is 829. The quantitative estimate of drug-likeness (QED) is 0.738. The zero-order valence-corrected chi connectivity index (χ0v) is 15.8. The molecule has 4 rings (SSSR count). The maximum atomic E-state index is 12.4. The maximum absolute atomic E-state index is 12.4. The van der Waals surface area contributed by atoms with E-state index in [4.69, 9.17) is 9.47 Å². The average molecular weight is 405 g/mol. The van der Waals surface area contributed by atoms with E-state index in [1.807, 2.05) is 18.2 Å². The largest absolute Gasteiger partial charge is 0.454 e. The molecule has 1 aromatic rings. The Morgan fingerprint density at radius 2 is 2.00 bits per heavy atom. The van der Waals surface area contributed by atoms with Gasteiger partial charge in [0.25, 0.3) is 5.24 Å². The predicted octanol–water partition coefficient (Wildman–Crippen LogP) is 0.575. The molecule has 1 N–H and O–H groups in total. The van der Waals surface area contributed by atoms with Crippen molar-refractivity contribution in [1.82, 2.24) is 15.1 Å². The lowest BCUT2D eigenvalue weighted by Gasteiger charge is -2.17. The van der Waals surface area contributed by atoms with Crippen molar-refractivity contribution in [2.24, 2.45) is 5.92 Å². The van der Waals surface area contributed by atoms with Crippen LogP contribution in [0.4, 0.5) is 4.79 Å². The van der Waals surface area contributed by atoms with Crippen LogP contribution in [0.1, 0.15) is 12.0 Å². The maximum Gasteiger partial charge on any atom is 0.288 e. The zero-order valence-electron chi connectivity index (χ0n) is 15.0. The molecule has 0 spiro atoms. The second-order valence-electron chi connectivity index (χ2n) is 6.75. The van der Waals surface area contributed by atoms with Crippen molar-refractivity contribution in [3.8, 4) is 11.5 Å². The Labute approximate surface area is 165 Å². The Balaban J connectivity index is 1.27. The third-order valence-corrected chi connectivity index (χ3v) is 5.73. The number of fused-ring (bicyclic) bond motifs is 1. The Hall–Kier alpha value is -2.75. The van der Waals surface area contributed by atoms with Crippen LogP contribution in [0.15, 0.2) is 18.2 Å². The number of carbonyl (C=O) groups is 4. The summed E-state index contributed by atoms with van der Waals surface area (Å²) in [7, 11) is 0. The van der Waals surface area contributed by atoms with Gasteiger partial charge in [0, 0.05) is 32.6 Å². The van der Waals surface area contributed by atoms with Gasteiger partial charge in [-0.25, -0.2) is 0 Å². The molecule has 9 nitrogen and oxygen atoms in total. The summed E-state index contributed by atoms with van der Waals surface area (Å²) in [6.45, 7) is 1.25. The summed E-state index contributed by atoms with van der Waals surface area (Å²) in [6, 6.07) is 5.52. The molecule has 148 valence electrons. The molecular formula is C18H19N3O6S. The Morgan fingerprint density at radius 3 is 2.79 bits per heavy atom. The highest BCUT2D eigenvalue weighted by Crippen LogP contribution is 2.33. The summed E-state index contributed by atoms with van der Waals surface area (Å²) in [6.07, 6.45) is 0.147. The van der Waals surface area contributed by atoms with E-state index < -0.39 is 5.92 Å². The fourth-order valence-corrected chi connectivity index (χ4v) is 4.14. The van der Waals surface area contributed by atoms with Crippen LogP contribution in [0.3, 0.4) is 0 Å². The fourth-order valence-electron chi connectivity index (χ4n) is 3.39. The van der Waals surface area contributed by atoms with Crippen molar-refractivity contribution in [2.75, 3.05) is 32.2 Å². The lowest BCUT2D eigenvalue weighted by Crippen LogP contribution is -2.40. The number of amides is 4. The van der Waals surface area contributed by atoms with Crippen LogP contribution in [0.2, 0.25) is 0 Å². The standard InChI is InChI=1S/C18H19N3O6S/c22-15-6-12(17(24)19-3-4-21-16(23)9-28-18(21)25)8-20(15)7-11-1-2-13-14(5-11)27-10-26-13/h1-2,5,12H,3-4,6-10H2,(H,19,24). The molecule has 1 unspecified atom stereocenters. The van der Waals surface area contributed by atoms with Gasteiger partial charge in [-0.15, -0.1) is 0 Å². The van der Waals surface area contributed by atoms with E-state index in [9.17, 15) is 19.2 Å². The van der Waals surface area contributed by atoms with Gasteiger partial charge >= 0.3 is 0 Å². The highest BCUT2D eigenvalue weighted by atomic mass is 32.2. The van der Waals surface area contributed by atoms with Gasteiger partial charge in [0.2, 0.25) is 24.5 Å². The smallest absolute Gasteiger partial charge is 0.288 e. The molecule has 2 saturated heterocycles. The van der Waals surface area contributed by atoms with Gasteiger partial charge in [0.05, 0.1) is 11.7 Å². The van der Waals surface area contributed by atoms with Crippen LogP contribution in [-0.4, -0.2) is 64.9 Å². The molecule has 0 saturated carbocycles. The molecule has 3 heterocycles. The van der Waals surface area contributed by atoms with Crippen LogP contribution < -0.4 is 14.8 Å². The molecule has 0 bridgehead atoms. The fraction of sp³-hybridized carbons (Fsp3) is 0.444. The molecule has 2 fully saturated rings. The van der Waals surface area contributed by atoms with Gasteiger partial charge in [-0.05, 0) is 17.7 Å². The topological polar surface area (TPSA) is 105 Å². The van der Waals surface area contributed by atoms with Crippen LogP contribution in [0, 0.1) is 5.92 Å². The van der Waals surface area contributed by atoms with Crippen LogP contribution in [0.25, 0.3) is 0 Å². The first-order valence-corrected chi connectivity index (χ1v) is 9.91. The number of imide groups is 1. The van der Waals surface area contributed by atoms with Gasteiger partial charge in [-0.2, -0.15) is 0 Å². The molecule has 3 aliphatic heterocycles. The van der Waals surface area contributed by atoms with E-state index in [0.29, 0.717) is 24.6 Å². The number of nitrogens with one attached hydrogen (secondary N) is 1. The lowest BCUT2D eigenvalue weighted by molar-refractivity contribution is -0.129. The first-order valence-electron chi connectivity index (χ1n) is 8.92. The summed E-state index contributed by atoms with van der Waals surface area (Å²) in [5.74, 6) is 0.479. The first-order chi connectivity index (χ1) is 13.5. The summed E-state index contributed by atoms with van der Waals surface area (Å²) in [5, 5.41) is 2.43. The van der Waals surface area contributed by atoms with Crippen LogP contribution in [-0.2, 0) is 20.9 Å². The minimum absolute atomic E-state index is 0.0842. The van der Waals surface area contributed by atoms with E-state index in [1.54, 1.807) is 4.90 Å². The highest BCUT2D eigenvalue weighted by molar-refractivity contribution is 8.14.